The summed E-state index contributed by atoms with van der Waals surface area (Å²) >= 11 is 0. The molecule has 0 saturated carbocycles. The highest BCUT2D eigenvalue weighted by atomic mass is 32.2. The number of anilines is 1. The number of hydrogen-bond acceptors (Lipinski definition) is 5. The van der Waals surface area contributed by atoms with E-state index in [1.54, 1.807) is 12.1 Å². The van der Waals surface area contributed by atoms with Crippen LogP contribution in [0, 0.1) is 5.82 Å². The van der Waals surface area contributed by atoms with Gasteiger partial charge in [0.15, 0.2) is 16.4 Å². The van der Waals surface area contributed by atoms with Gasteiger partial charge in [0.1, 0.15) is 5.82 Å². The summed E-state index contributed by atoms with van der Waals surface area (Å²) in [7, 11) is -3.52. The third-order valence-corrected chi connectivity index (χ3v) is 4.37. The van der Waals surface area contributed by atoms with E-state index < -0.39 is 34.1 Å². The van der Waals surface area contributed by atoms with Crippen molar-refractivity contribution < 1.29 is 27.1 Å². The highest BCUT2D eigenvalue weighted by Gasteiger charge is 2.15. The number of halogens is 1. The lowest BCUT2D eigenvalue weighted by molar-refractivity contribution is -0.142. The molecular weight excluding hydrogens is 361 g/mol. The molecular formula is C18H16FNO5S. The average Bonchev–Trinajstić information content (AvgIpc) is 2.59. The van der Waals surface area contributed by atoms with Crippen LogP contribution in [-0.2, 0) is 24.2 Å². The van der Waals surface area contributed by atoms with Crippen LogP contribution >= 0.6 is 0 Å². The molecule has 6 nitrogen and oxygen atoms in total. The fraction of sp³-hybridized carbons (Fsp3) is 0.111. The molecule has 1 N–H and O–H groups in total. The summed E-state index contributed by atoms with van der Waals surface area (Å²) in [6, 6.07) is 11.7. The topological polar surface area (TPSA) is 89.5 Å². The van der Waals surface area contributed by atoms with Crippen molar-refractivity contribution in [2.24, 2.45) is 0 Å². The van der Waals surface area contributed by atoms with Gasteiger partial charge in [-0.1, -0.05) is 30.3 Å². The molecule has 2 rings (SSSR count). The first kappa shape index (κ1) is 19.3. The van der Waals surface area contributed by atoms with E-state index in [-0.39, 0.29) is 16.1 Å². The van der Waals surface area contributed by atoms with Gasteiger partial charge in [0, 0.05) is 17.9 Å². The predicted octanol–water partition coefficient (Wildman–Crippen LogP) is 2.42. The van der Waals surface area contributed by atoms with Crippen molar-refractivity contribution in [1.82, 2.24) is 0 Å². The van der Waals surface area contributed by atoms with Crippen molar-refractivity contribution in [3.05, 3.63) is 66.0 Å². The van der Waals surface area contributed by atoms with Crippen LogP contribution < -0.4 is 5.32 Å². The van der Waals surface area contributed by atoms with E-state index in [9.17, 15) is 22.4 Å². The van der Waals surface area contributed by atoms with Crippen LogP contribution in [0.5, 0.6) is 0 Å². The second-order valence-electron chi connectivity index (χ2n) is 5.28. The van der Waals surface area contributed by atoms with Crippen molar-refractivity contribution in [3.63, 3.8) is 0 Å². The molecule has 26 heavy (non-hydrogen) atoms. The Morgan fingerprint density at radius 1 is 1.12 bits per heavy atom. The number of hydrogen-bond donors (Lipinski definition) is 1. The fourth-order valence-electron chi connectivity index (χ4n) is 2.03. The molecule has 0 radical (unpaired) electrons. The van der Waals surface area contributed by atoms with Crippen LogP contribution in [0.15, 0.2) is 59.5 Å². The zero-order valence-corrected chi connectivity index (χ0v) is 14.6. The first-order valence-electron chi connectivity index (χ1n) is 7.45. The molecule has 1 amide bonds. The molecule has 0 unspecified atom stereocenters. The van der Waals surface area contributed by atoms with Gasteiger partial charge >= 0.3 is 5.97 Å². The van der Waals surface area contributed by atoms with Crippen molar-refractivity contribution in [1.29, 1.82) is 0 Å². The van der Waals surface area contributed by atoms with Crippen LogP contribution in [0.25, 0.3) is 6.08 Å². The molecule has 0 aromatic heterocycles. The number of carbonyl (C=O) groups is 2. The maximum Gasteiger partial charge on any atom is 0.331 e. The minimum Gasteiger partial charge on any atom is -0.452 e. The van der Waals surface area contributed by atoms with E-state index in [2.05, 4.69) is 5.32 Å². The lowest BCUT2D eigenvalue weighted by Gasteiger charge is -2.09. The zero-order chi connectivity index (χ0) is 19.2. The number of para-hydroxylation sites is 1. The van der Waals surface area contributed by atoms with Crippen molar-refractivity contribution >= 4 is 33.5 Å². The lowest BCUT2D eigenvalue weighted by atomic mass is 10.2. The Bertz CT molecular complexity index is 954. The van der Waals surface area contributed by atoms with Gasteiger partial charge in [-0.3, -0.25) is 4.79 Å². The van der Waals surface area contributed by atoms with Crippen LogP contribution in [-0.4, -0.2) is 33.2 Å². The number of sulfone groups is 1. The van der Waals surface area contributed by atoms with Gasteiger partial charge < -0.3 is 10.1 Å². The standard InChI is InChI=1S/C18H16FNO5S/c1-26(23,24)16-9-5-4-8-15(16)20-17(21)12-25-18(22)11-10-13-6-2-3-7-14(13)19/h2-11H,12H2,1H3,(H,20,21)/b11-10+. The number of amides is 1. The normalized spacial score (nSPS) is 11.3. The number of rotatable bonds is 6. The molecule has 0 heterocycles. The molecule has 0 saturated heterocycles. The Labute approximate surface area is 150 Å². The average molecular weight is 377 g/mol. The van der Waals surface area contributed by atoms with E-state index in [0.717, 1.165) is 12.3 Å². The SMILES string of the molecule is CS(=O)(=O)c1ccccc1NC(=O)COC(=O)/C=C/c1ccccc1F. The maximum atomic E-state index is 13.4. The molecule has 0 atom stereocenters. The number of benzene rings is 2. The van der Waals surface area contributed by atoms with E-state index in [1.807, 2.05) is 0 Å². The molecule has 0 fully saturated rings. The minimum absolute atomic E-state index is 0.0425. The first-order chi connectivity index (χ1) is 12.3. The molecule has 136 valence electrons. The van der Waals surface area contributed by atoms with Gasteiger partial charge in [-0.2, -0.15) is 0 Å². The van der Waals surface area contributed by atoms with Gasteiger partial charge in [-0.05, 0) is 24.3 Å². The molecule has 2 aromatic carbocycles. The quantitative estimate of drug-likeness (QED) is 0.617. The summed E-state index contributed by atoms with van der Waals surface area (Å²) in [5, 5.41) is 2.38. The molecule has 0 bridgehead atoms. The summed E-state index contributed by atoms with van der Waals surface area (Å²) < 4.78 is 41.5. The third kappa shape index (κ3) is 5.52. The number of nitrogens with one attached hydrogen (secondary N) is 1. The van der Waals surface area contributed by atoms with Gasteiger partial charge in [0.25, 0.3) is 5.91 Å². The van der Waals surface area contributed by atoms with E-state index in [4.69, 9.17) is 4.74 Å². The Balaban J connectivity index is 1.94. The van der Waals surface area contributed by atoms with Gasteiger partial charge in [-0.15, -0.1) is 0 Å². The zero-order valence-electron chi connectivity index (χ0n) is 13.8. The number of carbonyl (C=O) groups excluding carboxylic acids is 2. The smallest absolute Gasteiger partial charge is 0.331 e. The molecule has 2 aromatic rings. The molecule has 0 spiro atoms. The molecule has 8 heteroatoms. The third-order valence-electron chi connectivity index (χ3n) is 3.21. The number of esters is 1. The molecule has 0 aliphatic heterocycles. The Morgan fingerprint density at radius 3 is 2.46 bits per heavy atom. The van der Waals surface area contributed by atoms with Crippen LogP contribution in [0.1, 0.15) is 5.56 Å². The van der Waals surface area contributed by atoms with Crippen molar-refractivity contribution in [2.75, 3.05) is 18.2 Å². The van der Waals surface area contributed by atoms with Crippen LogP contribution in [0.3, 0.4) is 0 Å². The largest absolute Gasteiger partial charge is 0.452 e. The van der Waals surface area contributed by atoms with Crippen LogP contribution in [0.2, 0.25) is 0 Å². The second-order valence-corrected chi connectivity index (χ2v) is 7.26. The second kappa shape index (κ2) is 8.39. The number of ether oxygens (including phenoxy) is 1. The lowest BCUT2D eigenvalue weighted by Crippen LogP contribution is -2.21. The fourth-order valence-corrected chi connectivity index (χ4v) is 2.88. The summed E-state index contributed by atoms with van der Waals surface area (Å²) in [6.07, 6.45) is 3.25. The first-order valence-corrected chi connectivity index (χ1v) is 9.35. The van der Waals surface area contributed by atoms with E-state index in [0.29, 0.717) is 0 Å². The highest BCUT2D eigenvalue weighted by Crippen LogP contribution is 2.20. The maximum absolute atomic E-state index is 13.4. The van der Waals surface area contributed by atoms with E-state index in [1.165, 1.54) is 42.5 Å². The van der Waals surface area contributed by atoms with Gasteiger partial charge in [-0.25, -0.2) is 17.6 Å². The predicted molar refractivity (Wildman–Crippen MR) is 94.6 cm³/mol. The Kier molecular flexibility index (Phi) is 6.24. The summed E-state index contributed by atoms with van der Waals surface area (Å²) in [4.78, 5) is 23.4. The van der Waals surface area contributed by atoms with Crippen LogP contribution in [0.4, 0.5) is 10.1 Å². The minimum atomic E-state index is -3.52. The summed E-state index contributed by atoms with van der Waals surface area (Å²) in [6.45, 7) is -0.613. The van der Waals surface area contributed by atoms with E-state index >= 15 is 0 Å². The highest BCUT2D eigenvalue weighted by molar-refractivity contribution is 7.90. The van der Waals surface area contributed by atoms with Gasteiger partial charge in [0.05, 0.1) is 10.6 Å². The summed E-state index contributed by atoms with van der Waals surface area (Å²) in [5.74, 6) is -2.03. The van der Waals surface area contributed by atoms with Gasteiger partial charge in [0.2, 0.25) is 0 Å². The molecule has 0 aliphatic carbocycles. The Morgan fingerprint density at radius 2 is 1.77 bits per heavy atom. The molecule has 0 aliphatic rings. The van der Waals surface area contributed by atoms with Crippen molar-refractivity contribution in [2.45, 2.75) is 4.90 Å². The van der Waals surface area contributed by atoms with Crippen molar-refractivity contribution in [3.8, 4) is 0 Å². The monoisotopic (exact) mass is 377 g/mol. The Hall–Kier alpha value is -3.00. The summed E-state index contributed by atoms with van der Waals surface area (Å²) in [5.41, 5.74) is 0.300.